The molecule has 1 N–H and O–H groups in total. The van der Waals surface area contributed by atoms with Crippen molar-refractivity contribution < 1.29 is 14.3 Å². The van der Waals surface area contributed by atoms with Gasteiger partial charge in [0.2, 0.25) is 0 Å². The van der Waals surface area contributed by atoms with Crippen molar-refractivity contribution in [2.24, 2.45) is 11.8 Å². The average Bonchev–Trinajstić information content (AvgIpc) is 2.66. The van der Waals surface area contributed by atoms with E-state index in [-0.39, 0.29) is 17.9 Å². The minimum atomic E-state index is -0.132. The normalized spacial score (nSPS) is 25.0. The highest BCUT2D eigenvalue weighted by molar-refractivity contribution is 5.73. The Hall–Kier alpha value is -0.610. The van der Waals surface area contributed by atoms with E-state index in [4.69, 9.17) is 9.47 Å². The summed E-state index contributed by atoms with van der Waals surface area (Å²) in [4.78, 5) is 11.8. The summed E-state index contributed by atoms with van der Waals surface area (Å²) in [5.41, 5.74) is 0. The molecule has 1 heterocycles. The van der Waals surface area contributed by atoms with Gasteiger partial charge in [0.1, 0.15) is 0 Å². The van der Waals surface area contributed by atoms with Crippen molar-refractivity contribution in [3.8, 4) is 0 Å². The molecule has 1 aliphatic rings. The molecule has 0 saturated carbocycles. The molecule has 0 aromatic heterocycles. The van der Waals surface area contributed by atoms with Crippen LogP contribution in [0, 0.1) is 11.8 Å². The van der Waals surface area contributed by atoms with Crippen LogP contribution >= 0.6 is 0 Å². The minimum absolute atomic E-state index is 0.121. The van der Waals surface area contributed by atoms with Gasteiger partial charge in [0, 0.05) is 6.04 Å². The van der Waals surface area contributed by atoms with Crippen LogP contribution in [-0.2, 0) is 14.3 Å². The number of likely N-dealkylation sites (N-methyl/N-ethyl adjacent to an activating group) is 1. The van der Waals surface area contributed by atoms with Crippen molar-refractivity contribution in [3.63, 3.8) is 0 Å². The van der Waals surface area contributed by atoms with Gasteiger partial charge in [-0.1, -0.05) is 20.8 Å². The first-order chi connectivity index (χ1) is 7.65. The van der Waals surface area contributed by atoms with E-state index in [0.717, 1.165) is 13.0 Å². The van der Waals surface area contributed by atoms with Gasteiger partial charge in [-0.25, -0.2) is 0 Å². The highest BCUT2D eigenvalue weighted by Crippen LogP contribution is 2.15. The number of esters is 1. The van der Waals surface area contributed by atoms with Crippen LogP contribution in [0.4, 0.5) is 0 Å². The molecule has 1 rings (SSSR count). The molecule has 4 heteroatoms. The highest BCUT2D eigenvalue weighted by Gasteiger charge is 2.34. The van der Waals surface area contributed by atoms with Gasteiger partial charge < -0.3 is 14.8 Å². The molecule has 4 nitrogen and oxygen atoms in total. The van der Waals surface area contributed by atoms with Gasteiger partial charge >= 0.3 is 5.97 Å². The fourth-order valence-corrected chi connectivity index (χ4v) is 1.75. The van der Waals surface area contributed by atoms with Crippen molar-refractivity contribution in [2.45, 2.75) is 33.2 Å². The van der Waals surface area contributed by atoms with Crippen LogP contribution in [-0.4, -0.2) is 38.4 Å². The fourth-order valence-electron chi connectivity index (χ4n) is 1.75. The first-order valence-electron chi connectivity index (χ1n) is 6.13. The number of ether oxygens (including phenoxy) is 2. The standard InChI is InChI=1S/C12H23NO3/c1-4-13-11-8-15-7-10(11)12(14)16-6-5-9(2)3/h9-11,13H,4-8H2,1-3H3. The van der Waals surface area contributed by atoms with Gasteiger partial charge in [0.25, 0.3) is 0 Å². The predicted molar refractivity (Wildman–Crippen MR) is 62.2 cm³/mol. The van der Waals surface area contributed by atoms with Crippen LogP contribution in [0.1, 0.15) is 27.2 Å². The second-order valence-corrected chi connectivity index (χ2v) is 4.66. The zero-order chi connectivity index (χ0) is 12.0. The Morgan fingerprint density at radius 2 is 2.25 bits per heavy atom. The second-order valence-electron chi connectivity index (χ2n) is 4.66. The van der Waals surface area contributed by atoms with Crippen molar-refractivity contribution in [3.05, 3.63) is 0 Å². The molecule has 2 atom stereocenters. The zero-order valence-corrected chi connectivity index (χ0v) is 10.5. The van der Waals surface area contributed by atoms with Crippen LogP contribution < -0.4 is 5.32 Å². The molecule has 0 radical (unpaired) electrons. The summed E-state index contributed by atoms with van der Waals surface area (Å²) in [7, 11) is 0. The number of hydrogen-bond donors (Lipinski definition) is 1. The molecule has 1 fully saturated rings. The lowest BCUT2D eigenvalue weighted by atomic mass is 10.0. The van der Waals surface area contributed by atoms with Gasteiger partial charge in [0.15, 0.2) is 0 Å². The number of nitrogens with one attached hydrogen (secondary N) is 1. The van der Waals surface area contributed by atoms with Gasteiger partial charge in [0.05, 0.1) is 25.7 Å². The third-order valence-corrected chi connectivity index (χ3v) is 2.79. The van der Waals surface area contributed by atoms with Gasteiger partial charge in [-0.15, -0.1) is 0 Å². The second kappa shape index (κ2) is 6.86. The topological polar surface area (TPSA) is 47.6 Å². The molecule has 0 bridgehead atoms. The van der Waals surface area contributed by atoms with E-state index in [1.54, 1.807) is 0 Å². The summed E-state index contributed by atoms with van der Waals surface area (Å²) in [6.07, 6.45) is 0.922. The lowest BCUT2D eigenvalue weighted by Crippen LogP contribution is -2.40. The first-order valence-corrected chi connectivity index (χ1v) is 6.13. The average molecular weight is 229 g/mol. The summed E-state index contributed by atoms with van der Waals surface area (Å²) in [5.74, 6) is 0.313. The molecule has 0 aromatic carbocycles. The van der Waals surface area contributed by atoms with Crippen molar-refractivity contribution >= 4 is 5.97 Å². The zero-order valence-electron chi connectivity index (χ0n) is 10.5. The van der Waals surface area contributed by atoms with Gasteiger partial charge in [-0.2, -0.15) is 0 Å². The molecule has 1 aliphatic heterocycles. The van der Waals surface area contributed by atoms with Crippen LogP contribution in [0.15, 0.2) is 0 Å². The van der Waals surface area contributed by atoms with E-state index in [0.29, 0.717) is 25.7 Å². The van der Waals surface area contributed by atoms with Crippen LogP contribution in [0.25, 0.3) is 0 Å². The molecule has 2 unspecified atom stereocenters. The largest absolute Gasteiger partial charge is 0.465 e. The maximum Gasteiger partial charge on any atom is 0.312 e. The number of carbonyl (C=O) groups excluding carboxylic acids is 1. The van der Waals surface area contributed by atoms with Crippen LogP contribution in [0.5, 0.6) is 0 Å². The Morgan fingerprint density at radius 1 is 1.50 bits per heavy atom. The Morgan fingerprint density at radius 3 is 2.88 bits per heavy atom. The van der Waals surface area contributed by atoms with E-state index >= 15 is 0 Å². The van der Waals surface area contributed by atoms with E-state index in [2.05, 4.69) is 19.2 Å². The molecule has 94 valence electrons. The van der Waals surface area contributed by atoms with Crippen LogP contribution in [0.2, 0.25) is 0 Å². The molecular formula is C12H23NO3. The quantitative estimate of drug-likeness (QED) is 0.695. The van der Waals surface area contributed by atoms with Gasteiger partial charge in [-0.3, -0.25) is 4.79 Å². The molecular weight excluding hydrogens is 206 g/mol. The molecule has 0 amide bonds. The lowest BCUT2D eigenvalue weighted by molar-refractivity contribution is -0.149. The SMILES string of the molecule is CCNC1COCC1C(=O)OCCC(C)C. The number of hydrogen-bond acceptors (Lipinski definition) is 4. The predicted octanol–water partition coefficient (Wildman–Crippen LogP) is 1.20. The Bertz CT molecular complexity index is 218. The first kappa shape index (κ1) is 13.5. The summed E-state index contributed by atoms with van der Waals surface area (Å²) < 4.78 is 10.6. The van der Waals surface area contributed by atoms with E-state index in [1.165, 1.54) is 0 Å². The summed E-state index contributed by atoms with van der Waals surface area (Å²) >= 11 is 0. The monoisotopic (exact) mass is 229 g/mol. The van der Waals surface area contributed by atoms with E-state index in [9.17, 15) is 4.79 Å². The molecule has 0 spiro atoms. The summed E-state index contributed by atoms with van der Waals surface area (Å²) in [5, 5.41) is 3.25. The maximum atomic E-state index is 11.8. The van der Waals surface area contributed by atoms with Gasteiger partial charge in [-0.05, 0) is 18.9 Å². The van der Waals surface area contributed by atoms with Crippen molar-refractivity contribution in [1.82, 2.24) is 5.32 Å². The third kappa shape index (κ3) is 4.10. The van der Waals surface area contributed by atoms with Crippen molar-refractivity contribution in [1.29, 1.82) is 0 Å². The van der Waals surface area contributed by atoms with Crippen LogP contribution in [0.3, 0.4) is 0 Å². The maximum absolute atomic E-state index is 11.8. The smallest absolute Gasteiger partial charge is 0.312 e. The summed E-state index contributed by atoms with van der Waals surface area (Å²) in [6, 6.07) is 0.122. The van der Waals surface area contributed by atoms with Crippen molar-refractivity contribution in [2.75, 3.05) is 26.4 Å². The molecule has 16 heavy (non-hydrogen) atoms. The number of rotatable bonds is 6. The summed E-state index contributed by atoms with van der Waals surface area (Å²) in [6.45, 7) is 8.73. The lowest BCUT2D eigenvalue weighted by Gasteiger charge is -2.17. The highest BCUT2D eigenvalue weighted by atomic mass is 16.5. The minimum Gasteiger partial charge on any atom is -0.465 e. The molecule has 0 aliphatic carbocycles. The Labute approximate surface area is 97.7 Å². The molecule has 1 saturated heterocycles. The fraction of sp³-hybridized carbons (Fsp3) is 0.917. The Kier molecular flexibility index (Phi) is 5.77. The third-order valence-electron chi connectivity index (χ3n) is 2.79. The molecule has 0 aromatic rings. The Balaban J connectivity index is 2.29. The van der Waals surface area contributed by atoms with E-state index in [1.807, 2.05) is 6.92 Å². The number of carbonyl (C=O) groups is 1. The van der Waals surface area contributed by atoms with E-state index < -0.39 is 0 Å².